The number of rotatable bonds is 5. The first-order chi connectivity index (χ1) is 16.3. The topological polar surface area (TPSA) is 117 Å². The number of imide groups is 1. The molecule has 0 saturated heterocycles. The molecule has 168 valence electrons. The van der Waals surface area contributed by atoms with Gasteiger partial charge in [-0.05, 0) is 43.2 Å². The summed E-state index contributed by atoms with van der Waals surface area (Å²) in [4.78, 5) is 38.0. The van der Waals surface area contributed by atoms with Crippen LogP contribution in [-0.2, 0) is 9.59 Å². The maximum atomic E-state index is 13.4. The van der Waals surface area contributed by atoms with Crippen LogP contribution in [0.2, 0.25) is 0 Å². The largest absolute Gasteiger partial charge is 0.457 e. The standard InChI is InChI=1S/C26H19N3O5/c1-16-22(14-21-11-12-24(34-21)19-9-6-10-20(13-19)29(32)33)25(30)28(26(31)23(16)15-27)17(2)18-7-4-3-5-8-18/h3-14,17H,1-2H3/b22-14+. The van der Waals surface area contributed by atoms with E-state index in [1.165, 1.54) is 18.2 Å². The van der Waals surface area contributed by atoms with Crippen molar-refractivity contribution in [2.24, 2.45) is 0 Å². The smallest absolute Gasteiger partial charge is 0.272 e. The summed E-state index contributed by atoms with van der Waals surface area (Å²) in [6.07, 6.45) is 1.48. The Morgan fingerprint density at radius 1 is 1.06 bits per heavy atom. The number of furan rings is 1. The molecule has 34 heavy (non-hydrogen) atoms. The molecular formula is C26H19N3O5. The lowest BCUT2D eigenvalue weighted by molar-refractivity contribution is -0.384. The van der Waals surface area contributed by atoms with Crippen LogP contribution in [0.25, 0.3) is 17.4 Å². The van der Waals surface area contributed by atoms with Gasteiger partial charge in [-0.3, -0.25) is 24.6 Å². The van der Waals surface area contributed by atoms with Crippen LogP contribution in [0.3, 0.4) is 0 Å². The molecule has 0 bridgehead atoms. The van der Waals surface area contributed by atoms with E-state index >= 15 is 0 Å². The number of nitro benzene ring substituents is 1. The maximum Gasteiger partial charge on any atom is 0.272 e. The van der Waals surface area contributed by atoms with Gasteiger partial charge in [0.05, 0.1) is 11.0 Å². The van der Waals surface area contributed by atoms with Crippen LogP contribution in [0.4, 0.5) is 5.69 Å². The average Bonchev–Trinajstić information content (AvgIpc) is 3.31. The zero-order valence-corrected chi connectivity index (χ0v) is 18.4. The summed E-state index contributed by atoms with van der Waals surface area (Å²) in [6.45, 7) is 3.28. The minimum atomic E-state index is -0.643. The van der Waals surface area contributed by atoms with Gasteiger partial charge in [-0.1, -0.05) is 42.5 Å². The number of nitriles is 1. The van der Waals surface area contributed by atoms with Crippen molar-refractivity contribution in [3.63, 3.8) is 0 Å². The summed E-state index contributed by atoms with van der Waals surface area (Å²) in [5, 5.41) is 20.7. The Kier molecular flexibility index (Phi) is 5.94. The van der Waals surface area contributed by atoms with Gasteiger partial charge in [-0.2, -0.15) is 5.26 Å². The van der Waals surface area contributed by atoms with Gasteiger partial charge in [0.25, 0.3) is 17.5 Å². The van der Waals surface area contributed by atoms with Crippen molar-refractivity contribution in [3.05, 3.63) is 105 Å². The quantitative estimate of drug-likeness (QED) is 0.227. The third-order valence-electron chi connectivity index (χ3n) is 5.70. The van der Waals surface area contributed by atoms with E-state index in [2.05, 4.69) is 0 Å². The third kappa shape index (κ3) is 4.02. The van der Waals surface area contributed by atoms with Gasteiger partial charge < -0.3 is 4.42 Å². The van der Waals surface area contributed by atoms with Crippen molar-refractivity contribution in [3.8, 4) is 17.4 Å². The molecule has 2 amide bonds. The number of nitro groups is 1. The van der Waals surface area contributed by atoms with Crippen LogP contribution in [0.15, 0.2) is 87.9 Å². The average molecular weight is 453 g/mol. The molecule has 1 aromatic heterocycles. The third-order valence-corrected chi connectivity index (χ3v) is 5.70. The highest BCUT2D eigenvalue weighted by Crippen LogP contribution is 2.34. The maximum absolute atomic E-state index is 13.4. The van der Waals surface area contributed by atoms with Crippen LogP contribution < -0.4 is 0 Å². The van der Waals surface area contributed by atoms with Crippen LogP contribution in [0, 0.1) is 21.4 Å². The lowest BCUT2D eigenvalue weighted by atomic mass is 9.92. The molecule has 2 heterocycles. The molecule has 8 nitrogen and oxygen atoms in total. The number of nitrogens with zero attached hydrogens (tertiary/aromatic N) is 3. The van der Waals surface area contributed by atoms with Crippen LogP contribution >= 0.6 is 0 Å². The number of non-ortho nitro benzene ring substituents is 1. The monoisotopic (exact) mass is 453 g/mol. The van der Waals surface area contributed by atoms with E-state index in [4.69, 9.17) is 4.42 Å². The molecular weight excluding hydrogens is 434 g/mol. The number of amides is 2. The molecule has 2 aromatic carbocycles. The SMILES string of the molecule is CC1=C(C#N)C(=O)N(C(C)c2ccccc2)C(=O)/C1=C/c1ccc(-c2cccc([N+](=O)[O-])c2)o1. The van der Waals surface area contributed by atoms with Crippen LogP contribution in [-0.4, -0.2) is 21.6 Å². The van der Waals surface area contributed by atoms with Gasteiger partial charge in [-0.15, -0.1) is 0 Å². The second-order valence-corrected chi connectivity index (χ2v) is 7.75. The van der Waals surface area contributed by atoms with Crippen LogP contribution in [0.5, 0.6) is 0 Å². The van der Waals surface area contributed by atoms with Crippen LogP contribution in [0.1, 0.15) is 31.2 Å². The number of carbonyl (C=O) groups is 2. The molecule has 1 aliphatic heterocycles. The predicted molar refractivity (Wildman–Crippen MR) is 124 cm³/mol. The fourth-order valence-corrected chi connectivity index (χ4v) is 3.83. The minimum Gasteiger partial charge on any atom is -0.457 e. The van der Waals surface area contributed by atoms with Gasteiger partial charge in [-0.25, -0.2) is 0 Å². The van der Waals surface area contributed by atoms with Crippen molar-refractivity contribution in [1.29, 1.82) is 5.26 Å². The Bertz CT molecular complexity index is 1410. The second kappa shape index (κ2) is 9.00. The first-order valence-corrected chi connectivity index (χ1v) is 10.4. The molecule has 8 heteroatoms. The molecule has 0 aliphatic carbocycles. The molecule has 3 aromatic rings. The predicted octanol–water partition coefficient (Wildman–Crippen LogP) is 5.21. The van der Waals surface area contributed by atoms with Crippen molar-refractivity contribution in [2.45, 2.75) is 19.9 Å². The Labute approximate surface area is 195 Å². The number of benzene rings is 2. The summed E-state index contributed by atoms with van der Waals surface area (Å²) < 4.78 is 5.82. The molecule has 0 spiro atoms. The molecule has 1 aliphatic rings. The van der Waals surface area contributed by atoms with Crippen molar-refractivity contribution >= 4 is 23.6 Å². The lowest BCUT2D eigenvalue weighted by Crippen LogP contribution is -2.44. The van der Waals surface area contributed by atoms with E-state index in [9.17, 15) is 25.0 Å². The molecule has 0 N–H and O–H groups in total. The van der Waals surface area contributed by atoms with E-state index in [0.29, 0.717) is 17.1 Å². The van der Waals surface area contributed by atoms with Gasteiger partial charge in [0.1, 0.15) is 23.2 Å². The minimum absolute atomic E-state index is 0.0715. The molecule has 1 atom stereocenters. The van der Waals surface area contributed by atoms with E-state index in [1.54, 1.807) is 38.1 Å². The summed E-state index contributed by atoms with van der Waals surface area (Å²) in [6, 6.07) is 19.7. The van der Waals surface area contributed by atoms with E-state index < -0.39 is 22.8 Å². The van der Waals surface area contributed by atoms with E-state index in [0.717, 1.165) is 10.5 Å². The highest BCUT2D eigenvalue weighted by molar-refractivity contribution is 6.19. The molecule has 0 fully saturated rings. The van der Waals surface area contributed by atoms with Crippen molar-refractivity contribution in [1.82, 2.24) is 4.90 Å². The zero-order valence-electron chi connectivity index (χ0n) is 18.4. The molecule has 4 rings (SSSR count). The number of carbonyl (C=O) groups excluding carboxylic acids is 2. The fraction of sp³-hybridized carbons (Fsp3) is 0.115. The fourth-order valence-electron chi connectivity index (χ4n) is 3.83. The summed E-state index contributed by atoms with van der Waals surface area (Å²) >= 11 is 0. The highest BCUT2D eigenvalue weighted by Gasteiger charge is 2.38. The lowest BCUT2D eigenvalue weighted by Gasteiger charge is -2.32. The van der Waals surface area contributed by atoms with Gasteiger partial charge >= 0.3 is 0 Å². The summed E-state index contributed by atoms with van der Waals surface area (Å²) in [5.41, 5.74) is 1.51. The van der Waals surface area contributed by atoms with E-state index in [-0.39, 0.29) is 22.4 Å². The van der Waals surface area contributed by atoms with Crippen molar-refractivity contribution < 1.29 is 18.9 Å². The second-order valence-electron chi connectivity index (χ2n) is 7.75. The molecule has 0 radical (unpaired) electrons. The first kappa shape index (κ1) is 22.4. The van der Waals surface area contributed by atoms with Gasteiger partial charge in [0.15, 0.2) is 0 Å². The Balaban J connectivity index is 1.74. The Morgan fingerprint density at radius 3 is 2.47 bits per heavy atom. The Morgan fingerprint density at radius 2 is 1.79 bits per heavy atom. The van der Waals surface area contributed by atoms with Gasteiger partial charge in [0, 0.05) is 23.3 Å². The van der Waals surface area contributed by atoms with E-state index in [1.807, 2.05) is 36.4 Å². The zero-order chi connectivity index (χ0) is 24.4. The highest BCUT2D eigenvalue weighted by atomic mass is 16.6. The summed E-state index contributed by atoms with van der Waals surface area (Å²) in [5.74, 6) is -0.490. The number of hydrogen-bond donors (Lipinski definition) is 0. The Hall–Kier alpha value is -4.77. The normalized spacial score (nSPS) is 16.0. The summed E-state index contributed by atoms with van der Waals surface area (Å²) in [7, 11) is 0. The molecule has 0 saturated carbocycles. The first-order valence-electron chi connectivity index (χ1n) is 10.4. The number of hydrogen-bond acceptors (Lipinski definition) is 6. The van der Waals surface area contributed by atoms with Crippen molar-refractivity contribution in [2.75, 3.05) is 0 Å². The molecule has 1 unspecified atom stereocenters. The van der Waals surface area contributed by atoms with Gasteiger partial charge in [0.2, 0.25) is 0 Å².